The van der Waals surface area contributed by atoms with E-state index >= 15 is 0 Å². The summed E-state index contributed by atoms with van der Waals surface area (Å²) in [6.07, 6.45) is 0. The maximum absolute atomic E-state index is 13.4. The molecule has 2 atom stereocenters. The van der Waals surface area contributed by atoms with Crippen molar-refractivity contribution in [1.29, 1.82) is 0 Å². The fourth-order valence-electron chi connectivity index (χ4n) is 4.18. The van der Waals surface area contributed by atoms with Crippen LogP contribution in [-0.2, 0) is 0 Å². The lowest BCUT2D eigenvalue weighted by Crippen LogP contribution is -2.39. The molecule has 1 fully saturated rings. The normalized spacial score (nSPS) is 20.5. The Morgan fingerprint density at radius 2 is 1.47 bits per heavy atom. The highest BCUT2D eigenvalue weighted by atomic mass is 32.1. The molecule has 0 bridgehead atoms. The molecule has 1 aromatic heterocycles. The molecule has 2 heterocycles. The minimum absolute atomic E-state index is 0.0541. The number of phenols is 2. The summed E-state index contributed by atoms with van der Waals surface area (Å²) in [5, 5.41) is 23.4. The molecule has 1 amide bonds. The number of thiophene rings is 1. The van der Waals surface area contributed by atoms with Crippen LogP contribution in [0, 0.1) is 0 Å². The lowest BCUT2D eigenvalue weighted by Gasteiger charge is -2.21. The fraction of sp³-hybridized carbons (Fsp3) is 0.190. The molecule has 1 aliphatic carbocycles. The Balaban J connectivity index is 1.69. The molecule has 5 rings (SSSR count). The zero-order valence-electron chi connectivity index (χ0n) is 15.6. The number of carbonyl (C=O) groups is 3. The van der Waals surface area contributed by atoms with Crippen LogP contribution < -0.4 is 11.5 Å². The van der Waals surface area contributed by atoms with Gasteiger partial charge in [0.2, 0.25) is 5.78 Å². The molecule has 0 unspecified atom stereocenters. The van der Waals surface area contributed by atoms with E-state index in [9.17, 15) is 24.6 Å². The van der Waals surface area contributed by atoms with Gasteiger partial charge in [-0.3, -0.25) is 14.4 Å². The summed E-state index contributed by atoms with van der Waals surface area (Å²) < 4.78 is 0. The van der Waals surface area contributed by atoms with E-state index in [0.717, 1.165) is 11.3 Å². The van der Waals surface area contributed by atoms with Crippen molar-refractivity contribution in [1.82, 2.24) is 4.90 Å². The van der Waals surface area contributed by atoms with Crippen LogP contribution in [0.4, 0.5) is 0 Å². The van der Waals surface area contributed by atoms with Crippen molar-refractivity contribution in [2.24, 2.45) is 11.5 Å². The van der Waals surface area contributed by atoms with Crippen LogP contribution in [0.15, 0.2) is 29.6 Å². The average molecular weight is 423 g/mol. The molecule has 2 aliphatic rings. The second-order valence-electron chi connectivity index (χ2n) is 7.54. The highest BCUT2D eigenvalue weighted by molar-refractivity contribution is 7.13. The number of nitrogens with zero attached hydrogens (tertiary/aromatic N) is 1. The van der Waals surface area contributed by atoms with Crippen LogP contribution in [0.2, 0.25) is 0 Å². The second-order valence-corrected chi connectivity index (χ2v) is 8.42. The summed E-state index contributed by atoms with van der Waals surface area (Å²) in [6.45, 7) is 0.500. The number of fused-ring (bicyclic) bond motifs is 3. The number of ketones is 2. The Kier molecular flexibility index (Phi) is 3.97. The minimum atomic E-state index is -0.671. The SMILES string of the molecule is N[C@@H]1CN(C(=O)c2csc3c2C(=O)c2c(c(O)c4ccccc4c2O)C3=O)C[C@H]1N. The molecule has 3 aromatic rings. The second kappa shape index (κ2) is 6.36. The lowest BCUT2D eigenvalue weighted by molar-refractivity contribution is 0.0785. The van der Waals surface area contributed by atoms with Gasteiger partial charge in [-0.1, -0.05) is 24.3 Å². The molecule has 6 N–H and O–H groups in total. The number of carbonyl (C=O) groups excluding carboxylic acids is 3. The van der Waals surface area contributed by atoms with Crippen molar-refractivity contribution in [2.45, 2.75) is 12.1 Å². The van der Waals surface area contributed by atoms with Crippen LogP contribution >= 0.6 is 11.3 Å². The monoisotopic (exact) mass is 423 g/mol. The summed E-state index contributed by atoms with van der Waals surface area (Å²) in [4.78, 5) is 41.1. The van der Waals surface area contributed by atoms with E-state index in [1.807, 2.05) is 0 Å². The number of phenolic OH excluding ortho intramolecular Hbond substituents is 2. The molecule has 9 heteroatoms. The third kappa shape index (κ3) is 2.37. The zero-order valence-corrected chi connectivity index (χ0v) is 16.4. The van der Waals surface area contributed by atoms with E-state index in [1.54, 1.807) is 24.3 Å². The molecule has 0 spiro atoms. The van der Waals surface area contributed by atoms with Gasteiger partial charge in [0, 0.05) is 41.3 Å². The number of amides is 1. The molecular formula is C21H17N3O5S. The van der Waals surface area contributed by atoms with Gasteiger partial charge in [-0.05, 0) is 0 Å². The number of aromatic hydroxyl groups is 2. The zero-order chi connectivity index (χ0) is 21.3. The van der Waals surface area contributed by atoms with Crippen molar-refractivity contribution >= 4 is 39.6 Å². The molecular weight excluding hydrogens is 406 g/mol. The smallest absolute Gasteiger partial charge is 0.255 e. The van der Waals surface area contributed by atoms with Gasteiger partial charge >= 0.3 is 0 Å². The highest BCUT2D eigenvalue weighted by Gasteiger charge is 2.41. The molecule has 1 saturated heterocycles. The van der Waals surface area contributed by atoms with Gasteiger partial charge in [0.05, 0.1) is 27.1 Å². The predicted octanol–water partition coefficient (Wildman–Crippen LogP) is 1.20. The van der Waals surface area contributed by atoms with Crippen molar-refractivity contribution < 1.29 is 24.6 Å². The van der Waals surface area contributed by atoms with Gasteiger partial charge < -0.3 is 26.6 Å². The topological polar surface area (TPSA) is 147 Å². The number of likely N-dealkylation sites (tertiary alicyclic amines) is 1. The van der Waals surface area contributed by atoms with E-state index in [2.05, 4.69) is 0 Å². The van der Waals surface area contributed by atoms with Crippen LogP contribution in [0.5, 0.6) is 11.5 Å². The third-order valence-electron chi connectivity index (χ3n) is 5.77. The van der Waals surface area contributed by atoms with Crippen molar-refractivity contribution in [3.05, 3.63) is 56.8 Å². The molecule has 0 saturated carbocycles. The first-order chi connectivity index (χ1) is 14.3. The Labute approximate surface area is 174 Å². The van der Waals surface area contributed by atoms with Crippen molar-refractivity contribution in [2.75, 3.05) is 13.1 Å². The van der Waals surface area contributed by atoms with E-state index < -0.39 is 23.2 Å². The largest absolute Gasteiger partial charge is 0.506 e. The van der Waals surface area contributed by atoms with Gasteiger partial charge in [-0.25, -0.2) is 0 Å². The molecule has 8 nitrogen and oxygen atoms in total. The van der Waals surface area contributed by atoms with Crippen molar-refractivity contribution in [3.63, 3.8) is 0 Å². The first kappa shape index (κ1) is 18.7. The third-order valence-corrected chi connectivity index (χ3v) is 6.75. The van der Waals surface area contributed by atoms with Crippen molar-refractivity contribution in [3.8, 4) is 11.5 Å². The summed E-state index contributed by atoms with van der Waals surface area (Å²) in [6, 6.07) is 5.67. The van der Waals surface area contributed by atoms with E-state index in [0.29, 0.717) is 0 Å². The molecule has 152 valence electrons. The molecule has 30 heavy (non-hydrogen) atoms. The molecule has 1 aliphatic heterocycles. The Morgan fingerprint density at radius 1 is 0.933 bits per heavy atom. The highest BCUT2D eigenvalue weighted by Crippen LogP contribution is 2.46. The summed E-state index contributed by atoms with van der Waals surface area (Å²) in [7, 11) is 0. The molecule has 0 radical (unpaired) electrons. The maximum Gasteiger partial charge on any atom is 0.255 e. The van der Waals surface area contributed by atoms with Gasteiger partial charge in [-0.2, -0.15) is 0 Å². The fourth-order valence-corrected chi connectivity index (χ4v) is 5.17. The maximum atomic E-state index is 13.4. The average Bonchev–Trinajstić information content (AvgIpc) is 3.32. The summed E-state index contributed by atoms with van der Waals surface area (Å²) in [5.41, 5.74) is 11.3. The standard InChI is InChI=1S/C21H17N3O5S/c22-11-5-24(6-12(11)23)21(29)10-7-30-20-13(10)18(27)14-15(19(20)28)17(26)9-4-2-1-3-8(9)16(14)25/h1-4,7,11-12,25-26H,5-6,22-23H2/t11-,12-/m1/s1. The number of nitrogens with two attached hydrogens (primary N) is 2. The number of rotatable bonds is 1. The summed E-state index contributed by atoms with van der Waals surface area (Å²) in [5.74, 6) is -2.46. The van der Waals surface area contributed by atoms with E-state index in [1.165, 1.54) is 10.3 Å². The van der Waals surface area contributed by atoms with E-state index in [4.69, 9.17) is 11.5 Å². The van der Waals surface area contributed by atoms with Gasteiger partial charge in [0.15, 0.2) is 5.78 Å². The number of benzene rings is 2. The van der Waals surface area contributed by atoms with Gasteiger partial charge in [0.1, 0.15) is 11.5 Å². The van der Waals surface area contributed by atoms with E-state index in [-0.39, 0.29) is 68.8 Å². The summed E-state index contributed by atoms with van der Waals surface area (Å²) >= 11 is 0.963. The van der Waals surface area contributed by atoms with Gasteiger partial charge in [0.25, 0.3) is 5.91 Å². The van der Waals surface area contributed by atoms with Crippen LogP contribution in [0.3, 0.4) is 0 Å². The Hall–Kier alpha value is -3.27. The Morgan fingerprint density at radius 3 is 2.03 bits per heavy atom. The number of hydrogen-bond acceptors (Lipinski definition) is 8. The first-order valence-corrected chi connectivity index (χ1v) is 10.2. The van der Waals surface area contributed by atoms with Crippen LogP contribution in [-0.4, -0.2) is 57.8 Å². The first-order valence-electron chi connectivity index (χ1n) is 9.29. The predicted molar refractivity (Wildman–Crippen MR) is 110 cm³/mol. The minimum Gasteiger partial charge on any atom is -0.506 e. The van der Waals surface area contributed by atoms with Crippen LogP contribution in [0.1, 0.15) is 41.5 Å². The lowest BCUT2D eigenvalue weighted by atomic mass is 9.83. The molecule has 2 aromatic carbocycles. The quantitative estimate of drug-likeness (QED) is 0.336. The van der Waals surface area contributed by atoms with Crippen LogP contribution in [0.25, 0.3) is 10.8 Å². The number of hydrogen-bond donors (Lipinski definition) is 4. The van der Waals surface area contributed by atoms with Gasteiger partial charge in [-0.15, -0.1) is 11.3 Å². The Bertz CT molecular complexity index is 1270.